The van der Waals surface area contributed by atoms with Gasteiger partial charge in [-0.2, -0.15) is 0 Å². The molecule has 0 fully saturated rings. The monoisotopic (exact) mass is 602 g/mol. The van der Waals surface area contributed by atoms with Crippen LogP contribution in [0, 0.1) is 0 Å². The minimum absolute atomic E-state index is 0.571. The summed E-state index contributed by atoms with van der Waals surface area (Å²) in [6.07, 6.45) is 5.06. The Hall–Kier alpha value is -1.67. The lowest BCUT2D eigenvalue weighted by molar-refractivity contribution is 0.0696. The van der Waals surface area contributed by atoms with Crippen LogP contribution in [-0.4, -0.2) is 97.7 Å². The molecule has 0 spiro atoms. The lowest BCUT2D eigenvalue weighted by Gasteiger charge is -2.28. The molecular weight excluding hydrogens is 552 g/mol. The first-order valence-electron chi connectivity index (χ1n) is 14.8. The highest BCUT2D eigenvalue weighted by molar-refractivity contribution is 6.61. The zero-order chi connectivity index (χ0) is 29.1. The number of tetrazole rings is 2. The molecule has 0 aliphatic heterocycles. The van der Waals surface area contributed by atoms with Gasteiger partial charge in [0.25, 0.3) is 0 Å². The summed E-state index contributed by atoms with van der Waals surface area (Å²) in [5.41, 5.74) is 0. The summed E-state index contributed by atoms with van der Waals surface area (Å²) in [6, 6.07) is 1.46. The molecule has 16 heteroatoms. The van der Waals surface area contributed by atoms with Gasteiger partial charge in [0.15, 0.2) is 11.6 Å². The van der Waals surface area contributed by atoms with Crippen LogP contribution in [0.3, 0.4) is 0 Å². The Labute approximate surface area is 241 Å². The van der Waals surface area contributed by atoms with Gasteiger partial charge in [0, 0.05) is 77.7 Å². The first-order chi connectivity index (χ1) is 19.5. The number of hydrogen-bond donors (Lipinski definition) is 0. The quantitative estimate of drug-likeness (QED) is 0.122. The number of nitrogens with zero attached hydrogens (tertiary/aromatic N) is 8. The Morgan fingerprint density at radius 2 is 0.825 bits per heavy atom. The predicted octanol–water partition coefficient (Wildman–Crippen LogP) is 3.10. The number of aryl methyl sites for hydroxylation is 4. The van der Waals surface area contributed by atoms with Crippen molar-refractivity contribution in [3.8, 4) is 0 Å². The third-order valence-corrected chi connectivity index (χ3v) is 12.5. The van der Waals surface area contributed by atoms with Gasteiger partial charge in [-0.15, -0.1) is 10.2 Å². The van der Waals surface area contributed by atoms with Gasteiger partial charge in [-0.3, -0.25) is 0 Å². The highest BCUT2D eigenvalue weighted by Gasteiger charge is 2.40. The highest BCUT2D eigenvalue weighted by Crippen LogP contribution is 2.20. The van der Waals surface area contributed by atoms with Gasteiger partial charge in [-0.25, -0.2) is 9.36 Å². The zero-order valence-corrected chi connectivity index (χ0v) is 27.3. The molecule has 0 aliphatic rings. The molecule has 2 aromatic rings. The van der Waals surface area contributed by atoms with E-state index in [9.17, 15) is 0 Å². The Bertz CT molecular complexity index is 815. The van der Waals surface area contributed by atoms with Crippen molar-refractivity contribution in [2.45, 2.75) is 105 Å². The van der Waals surface area contributed by atoms with Crippen LogP contribution in [0.15, 0.2) is 0 Å². The molecular formula is C24H50N8O6Si2. The molecule has 40 heavy (non-hydrogen) atoms. The van der Waals surface area contributed by atoms with Crippen molar-refractivity contribution in [2.24, 2.45) is 0 Å². The molecule has 0 radical (unpaired) electrons. The normalized spacial score (nSPS) is 12.4. The molecule has 0 amide bonds. The lowest BCUT2D eigenvalue weighted by atomic mass is 10.2. The fourth-order valence-electron chi connectivity index (χ4n) is 4.61. The average molecular weight is 603 g/mol. The Kier molecular flexibility index (Phi) is 16.8. The molecule has 14 nitrogen and oxygen atoms in total. The fourth-order valence-corrected chi connectivity index (χ4v) is 9.80. The summed E-state index contributed by atoms with van der Waals surface area (Å²) < 4.78 is 39.5. The van der Waals surface area contributed by atoms with E-state index in [0.29, 0.717) is 52.7 Å². The molecule has 230 valence electrons. The Balaban J connectivity index is 1.81. The van der Waals surface area contributed by atoms with Gasteiger partial charge in [-0.1, -0.05) is 0 Å². The Morgan fingerprint density at radius 3 is 1.12 bits per heavy atom. The highest BCUT2D eigenvalue weighted by atomic mass is 28.4. The van der Waals surface area contributed by atoms with E-state index in [4.69, 9.17) is 26.6 Å². The van der Waals surface area contributed by atoms with Gasteiger partial charge in [0.05, 0.1) is 0 Å². The van der Waals surface area contributed by atoms with Crippen LogP contribution in [0.2, 0.25) is 12.1 Å². The molecule has 0 atom stereocenters. The molecule has 0 saturated heterocycles. The van der Waals surface area contributed by atoms with Gasteiger partial charge >= 0.3 is 17.6 Å². The smallest absolute Gasteiger partial charge is 0.374 e. The molecule has 0 aromatic carbocycles. The lowest BCUT2D eigenvalue weighted by Crippen LogP contribution is -2.46. The van der Waals surface area contributed by atoms with Gasteiger partial charge < -0.3 is 26.6 Å². The third-order valence-electron chi connectivity index (χ3n) is 6.15. The second kappa shape index (κ2) is 19.5. The van der Waals surface area contributed by atoms with Crippen molar-refractivity contribution in [1.82, 2.24) is 40.4 Å². The maximum Gasteiger partial charge on any atom is 0.500 e. The summed E-state index contributed by atoms with van der Waals surface area (Å²) in [5.74, 6) is 1.75. The average Bonchev–Trinajstić information content (AvgIpc) is 3.57. The van der Waals surface area contributed by atoms with E-state index in [1.54, 1.807) is 0 Å². The minimum atomic E-state index is -2.67. The predicted molar refractivity (Wildman–Crippen MR) is 152 cm³/mol. The van der Waals surface area contributed by atoms with Crippen LogP contribution in [0.4, 0.5) is 0 Å². The first kappa shape index (κ1) is 34.5. The van der Waals surface area contributed by atoms with Gasteiger partial charge in [0.2, 0.25) is 0 Å². The van der Waals surface area contributed by atoms with E-state index in [1.807, 2.05) is 50.9 Å². The largest absolute Gasteiger partial charge is 0.500 e. The topological polar surface area (TPSA) is 143 Å². The van der Waals surface area contributed by atoms with Crippen molar-refractivity contribution in [3.05, 3.63) is 11.6 Å². The van der Waals surface area contributed by atoms with E-state index < -0.39 is 17.6 Å². The number of unbranched alkanes of at least 4 members (excludes halogenated alkanes) is 1. The molecule has 0 saturated carbocycles. The van der Waals surface area contributed by atoms with E-state index >= 15 is 0 Å². The zero-order valence-electron chi connectivity index (χ0n) is 25.3. The molecule has 0 unspecified atom stereocenters. The number of hydrogen-bond acceptors (Lipinski definition) is 12. The summed E-state index contributed by atoms with van der Waals surface area (Å²) >= 11 is 0. The molecule has 2 rings (SSSR count). The summed E-state index contributed by atoms with van der Waals surface area (Å²) in [4.78, 5) is 0. The van der Waals surface area contributed by atoms with E-state index in [1.165, 1.54) is 0 Å². The van der Waals surface area contributed by atoms with Crippen molar-refractivity contribution in [1.29, 1.82) is 0 Å². The van der Waals surface area contributed by atoms with Crippen LogP contribution in [-0.2, 0) is 52.5 Å². The summed E-state index contributed by atoms with van der Waals surface area (Å²) in [7, 11) is -5.34. The van der Waals surface area contributed by atoms with E-state index in [-0.39, 0.29) is 0 Å². The van der Waals surface area contributed by atoms with Crippen molar-refractivity contribution in [2.75, 3.05) is 39.6 Å². The molecule has 0 N–H and O–H groups in total. The number of aromatic nitrogens is 8. The van der Waals surface area contributed by atoms with Crippen LogP contribution >= 0.6 is 0 Å². The maximum absolute atomic E-state index is 5.96. The minimum Gasteiger partial charge on any atom is -0.374 e. The van der Waals surface area contributed by atoms with Gasteiger partial charge in [0.1, 0.15) is 0 Å². The van der Waals surface area contributed by atoms with Crippen molar-refractivity contribution < 1.29 is 26.6 Å². The van der Waals surface area contributed by atoms with Crippen molar-refractivity contribution in [3.63, 3.8) is 0 Å². The van der Waals surface area contributed by atoms with E-state index in [2.05, 4.69) is 31.1 Å². The standard InChI is InChI=1S/C24H50N8O6Si2/c1-7-33-39(34-8-2,35-9-3)21-15-19-31-23(25-27-29-31)17-13-14-18-24-26-28-30-32(24)20-16-22-40(36-10-4,37-11-5)38-12-6/h7-22H2,1-6H3. The summed E-state index contributed by atoms with van der Waals surface area (Å²) in [5, 5.41) is 24.7. The molecule has 0 aliphatic carbocycles. The summed E-state index contributed by atoms with van der Waals surface area (Å²) in [6.45, 7) is 16.6. The maximum atomic E-state index is 5.96. The second-order valence-corrected chi connectivity index (χ2v) is 14.5. The first-order valence-corrected chi connectivity index (χ1v) is 18.7. The van der Waals surface area contributed by atoms with Crippen LogP contribution in [0.5, 0.6) is 0 Å². The number of rotatable bonds is 25. The van der Waals surface area contributed by atoms with Crippen LogP contribution in [0.1, 0.15) is 78.9 Å². The third kappa shape index (κ3) is 11.3. The van der Waals surface area contributed by atoms with E-state index in [0.717, 1.165) is 62.3 Å². The fraction of sp³-hybridized carbons (Fsp3) is 0.917. The molecule has 2 aromatic heterocycles. The molecule has 0 bridgehead atoms. The molecule has 2 heterocycles. The van der Waals surface area contributed by atoms with Crippen LogP contribution in [0.25, 0.3) is 0 Å². The second-order valence-electron chi connectivity index (χ2n) is 9.01. The SMILES string of the molecule is CCO[Si](CCCn1nnnc1CCCCc1nnnn1CCC[Si](OCC)(OCC)OCC)(OCC)OCC. The Morgan fingerprint density at radius 1 is 0.500 bits per heavy atom. The van der Waals surface area contributed by atoms with Crippen LogP contribution < -0.4 is 0 Å². The van der Waals surface area contributed by atoms with Gasteiger partial charge in [-0.05, 0) is 88.1 Å². The van der Waals surface area contributed by atoms with Crippen molar-refractivity contribution >= 4 is 17.6 Å².